The Kier molecular flexibility index (Phi) is 5.17. The van der Waals surface area contributed by atoms with Crippen LogP contribution in [0.15, 0.2) is 48.5 Å². The van der Waals surface area contributed by atoms with Crippen molar-refractivity contribution in [3.63, 3.8) is 0 Å². The molecule has 2 amide bonds. The Balaban J connectivity index is 2.13. The van der Waals surface area contributed by atoms with Gasteiger partial charge < -0.3 is 10.2 Å². The minimum Gasteiger partial charge on any atom is -0.337 e. The second kappa shape index (κ2) is 7.09. The van der Waals surface area contributed by atoms with E-state index in [1.165, 1.54) is 6.92 Å². The summed E-state index contributed by atoms with van der Waals surface area (Å²) in [6.45, 7) is 1.85. The molecule has 22 heavy (non-hydrogen) atoms. The van der Waals surface area contributed by atoms with Crippen LogP contribution in [0.4, 0.5) is 5.69 Å². The summed E-state index contributed by atoms with van der Waals surface area (Å²) in [4.78, 5) is 25.1. The van der Waals surface area contributed by atoms with Crippen molar-refractivity contribution in [1.82, 2.24) is 4.90 Å². The summed E-state index contributed by atoms with van der Waals surface area (Å²) < 4.78 is 0. The third-order valence-electron chi connectivity index (χ3n) is 3.14. The van der Waals surface area contributed by atoms with Gasteiger partial charge in [-0.25, -0.2) is 0 Å². The molecule has 0 saturated heterocycles. The Morgan fingerprint density at radius 2 is 1.86 bits per heavy atom. The number of nitrogens with one attached hydrogen (secondary N) is 1. The van der Waals surface area contributed by atoms with Crippen molar-refractivity contribution < 1.29 is 9.59 Å². The van der Waals surface area contributed by atoms with Gasteiger partial charge in [0.1, 0.15) is 0 Å². The normalized spacial score (nSPS) is 10.1. The van der Waals surface area contributed by atoms with E-state index >= 15 is 0 Å². The average molecular weight is 317 g/mol. The highest BCUT2D eigenvalue weighted by molar-refractivity contribution is 6.31. The standard InChI is InChI=1S/C17H17ClN2O2/c1-12(21)19-15-8-5-7-13(10-15)17(22)20(2)11-14-6-3-4-9-16(14)18/h3-10H,11H2,1-2H3,(H,19,21). The molecule has 0 heterocycles. The molecule has 4 nitrogen and oxygen atoms in total. The van der Waals surface area contributed by atoms with E-state index < -0.39 is 0 Å². The van der Waals surface area contributed by atoms with Gasteiger partial charge in [-0.05, 0) is 29.8 Å². The van der Waals surface area contributed by atoms with Gasteiger partial charge >= 0.3 is 0 Å². The topological polar surface area (TPSA) is 49.4 Å². The number of benzene rings is 2. The van der Waals surface area contributed by atoms with Crippen LogP contribution in [-0.2, 0) is 11.3 Å². The lowest BCUT2D eigenvalue weighted by molar-refractivity contribution is -0.114. The van der Waals surface area contributed by atoms with E-state index in [1.54, 1.807) is 42.3 Å². The summed E-state index contributed by atoms with van der Waals surface area (Å²) in [5.74, 6) is -0.304. The van der Waals surface area contributed by atoms with Crippen LogP contribution in [0.1, 0.15) is 22.8 Å². The van der Waals surface area contributed by atoms with Crippen LogP contribution in [-0.4, -0.2) is 23.8 Å². The predicted molar refractivity (Wildman–Crippen MR) is 88.0 cm³/mol. The predicted octanol–water partition coefficient (Wildman–Crippen LogP) is 3.57. The van der Waals surface area contributed by atoms with Gasteiger partial charge in [0.2, 0.25) is 5.91 Å². The molecule has 0 unspecified atom stereocenters. The molecule has 0 aliphatic rings. The molecule has 0 spiro atoms. The SMILES string of the molecule is CC(=O)Nc1cccc(C(=O)N(C)Cc2ccccc2Cl)c1. The van der Waals surface area contributed by atoms with E-state index in [9.17, 15) is 9.59 Å². The summed E-state index contributed by atoms with van der Waals surface area (Å²) in [6, 6.07) is 14.3. The van der Waals surface area contributed by atoms with Crippen molar-refractivity contribution in [3.05, 3.63) is 64.7 Å². The number of anilines is 1. The van der Waals surface area contributed by atoms with Crippen molar-refractivity contribution in [2.24, 2.45) is 0 Å². The number of hydrogen-bond donors (Lipinski definition) is 1. The van der Waals surface area contributed by atoms with E-state index in [0.29, 0.717) is 22.8 Å². The zero-order valence-electron chi connectivity index (χ0n) is 12.5. The molecule has 2 aromatic carbocycles. The maximum absolute atomic E-state index is 12.5. The van der Waals surface area contributed by atoms with Crippen molar-refractivity contribution in [2.45, 2.75) is 13.5 Å². The number of rotatable bonds is 4. The van der Waals surface area contributed by atoms with Crippen molar-refractivity contribution in [3.8, 4) is 0 Å². The number of halogens is 1. The molecule has 0 aromatic heterocycles. The lowest BCUT2D eigenvalue weighted by Crippen LogP contribution is -2.26. The lowest BCUT2D eigenvalue weighted by Gasteiger charge is -2.18. The third kappa shape index (κ3) is 4.09. The Morgan fingerprint density at radius 3 is 2.55 bits per heavy atom. The summed E-state index contributed by atoms with van der Waals surface area (Å²) in [6.07, 6.45) is 0. The summed E-state index contributed by atoms with van der Waals surface area (Å²) in [5.41, 5.74) is 2.00. The smallest absolute Gasteiger partial charge is 0.253 e. The van der Waals surface area contributed by atoms with Gasteiger partial charge in [0.05, 0.1) is 0 Å². The molecule has 2 rings (SSSR count). The molecule has 0 bridgehead atoms. The molecule has 0 saturated carbocycles. The van der Waals surface area contributed by atoms with Crippen LogP contribution in [0.25, 0.3) is 0 Å². The Labute approximate surface area is 134 Å². The fourth-order valence-corrected chi connectivity index (χ4v) is 2.30. The number of carbonyl (C=O) groups is 2. The van der Waals surface area contributed by atoms with Gasteiger partial charge in [-0.3, -0.25) is 9.59 Å². The summed E-state index contributed by atoms with van der Waals surface area (Å²) in [5, 5.41) is 3.30. The minimum absolute atomic E-state index is 0.132. The lowest BCUT2D eigenvalue weighted by atomic mass is 10.1. The van der Waals surface area contributed by atoms with E-state index in [0.717, 1.165) is 5.56 Å². The van der Waals surface area contributed by atoms with Crippen LogP contribution in [0.3, 0.4) is 0 Å². The van der Waals surface area contributed by atoms with Crippen molar-refractivity contribution >= 4 is 29.1 Å². The monoisotopic (exact) mass is 316 g/mol. The Bertz CT molecular complexity index is 701. The first-order chi connectivity index (χ1) is 10.5. The number of hydrogen-bond acceptors (Lipinski definition) is 2. The minimum atomic E-state index is -0.172. The van der Waals surface area contributed by atoms with Crippen LogP contribution in [0, 0.1) is 0 Å². The molecule has 0 aliphatic heterocycles. The second-order valence-electron chi connectivity index (χ2n) is 5.01. The van der Waals surface area contributed by atoms with Crippen LogP contribution >= 0.6 is 11.6 Å². The van der Waals surface area contributed by atoms with Crippen LogP contribution in [0.5, 0.6) is 0 Å². The van der Waals surface area contributed by atoms with Crippen molar-refractivity contribution in [1.29, 1.82) is 0 Å². The van der Waals surface area contributed by atoms with Gasteiger partial charge in [0, 0.05) is 36.8 Å². The molecule has 5 heteroatoms. The Morgan fingerprint density at radius 1 is 1.14 bits per heavy atom. The first kappa shape index (κ1) is 16.0. The molecule has 0 aliphatic carbocycles. The van der Waals surface area contributed by atoms with Gasteiger partial charge in [0.25, 0.3) is 5.91 Å². The van der Waals surface area contributed by atoms with Gasteiger partial charge in [-0.15, -0.1) is 0 Å². The largest absolute Gasteiger partial charge is 0.337 e. The van der Waals surface area contributed by atoms with Crippen LogP contribution in [0.2, 0.25) is 5.02 Å². The maximum atomic E-state index is 12.5. The number of carbonyl (C=O) groups excluding carboxylic acids is 2. The fourth-order valence-electron chi connectivity index (χ4n) is 2.11. The van der Waals surface area contributed by atoms with Crippen LogP contribution < -0.4 is 5.32 Å². The van der Waals surface area contributed by atoms with E-state index in [-0.39, 0.29) is 11.8 Å². The third-order valence-corrected chi connectivity index (χ3v) is 3.51. The van der Waals surface area contributed by atoms with Crippen molar-refractivity contribution in [2.75, 3.05) is 12.4 Å². The van der Waals surface area contributed by atoms with E-state index in [2.05, 4.69) is 5.32 Å². The maximum Gasteiger partial charge on any atom is 0.253 e. The highest BCUT2D eigenvalue weighted by Crippen LogP contribution is 2.18. The quantitative estimate of drug-likeness (QED) is 0.937. The van der Waals surface area contributed by atoms with Gasteiger partial charge in [0.15, 0.2) is 0 Å². The van der Waals surface area contributed by atoms with Gasteiger partial charge in [-0.1, -0.05) is 35.9 Å². The fraction of sp³-hybridized carbons (Fsp3) is 0.176. The molecule has 114 valence electrons. The highest BCUT2D eigenvalue weighted by atomic mass is 35.5. The number of nitrogens with zero attached hydrogens (tertiary/aromatic N) is 1. The Hall–Kier alpha value is -2.33. The molecule has 1 N–H and O–H groups in total. The molecular formula is C17H17ClN2O2. The summed E-state index contributed by atoms with van der Waals surface area (Å²) in [7, 11) is 1.72. The highest BCUT2D eigenvalue weighted by Gasteiger charge is 2.13. The van der Waals surface area contributed by atoms with E-state index in [1.807, 2.05) is 18.2 Å². The zero-order chi connectivity index (χ0) is 16.1. The molecule has 0 radical (unpaired) electrons. The van der Waals surface area contributed by atoms with E-state index in [4.69, 9.17) is 11.6 Å². The average Bonchev–Trinajstić information content (AvgIpc) is 2.48. The van der Waals surface area contributed by atoms with Gasteiger partial charge in [-0.2, -0.15) is 0 Å². The molecule has 0 fully saturated rings. The first-order valence-electron chi connectivity index (χ1n) is 6.84. The zero-order valence-corrected chi connectivity index (χ0v) is 13.2. The first-order valence-corrected chi connectivity index (χ1v) is 7.21. The summed E-state index contributed by atoms with van der Waals surface area (Å²) >= 11 is 6.12. The molecule has 2 aromatic rings. The second-order valence-corrected chi connectivity index (χ2v) is 5.42. The number of amides is 2. The molecular weight excluding hydrogens is 300 g/mol. The molecule has 0 atom stereocenters.